The largest absolute Gasteiger partial charge is 0.491 e. The van der Waals surface area contributed by atoms with Crippen LogP contribution in [-0.4, -0.2) is 52.8 Å². The molecule has 160 valence electrons. The molecule has 0 bridgehead atoms. The number of aliphatic carboxylic acids is 1. The zero-order chi connectivity index (χ0) is 20.9. The summed E-state index contributed by atoms with van der Waals surface area (Å²) in [7, 11) is 1.70. The van der Waals surface area contributed by atoms with Crippen molar-refractivity contribution < 1.29 is 29.6 Å². The standard InChI is InChI=1S/C23H32O6/c1-28-23-13-12-21(25)19(20(23)14-16(23)6-5-9-22(26)27)11-10-17(24)15-29-18-7-3-2-4-8-18/h2-4,6-8,17,19-21,24-25H,5,9-15H2,1H3,(H,26,27)/b16-6+/t17-,19+,20+,21+,23-/m1/s1. The van der Waals surface area contributed by atoms with Gasteiger partial charge < -0.3 is 24.8 Å². The maximum absolute atomic E-state index is 10.8. The fourth-order valence-electron chi connectivity index (χ4n) is 4.95. The van der Waals surface area contributed by atoms with Crippen LogP contribution in [0.3, 0.4) is 0 Å². The van der Waals surface area contributed by atoms with Crippen LogP contribution in [0.1, 0.15) is 44.9 Å². The predicted octanol–water partition coefficient (Wildman–Crippen LogP) is 3.17. The number of ether oxygens (including phenoxy) is 2. The molecule has 2 saturated carbocycles. The molecule has 1 aromatic rings. The lowest BCUT2D eigenvalue weighted by atomic mass is 9.52. The lowest BCUT2D eigenvalue weighted by molar-refractivity contribution is -0.154. The third-order valence-electron chi connectivity index (χ3n) is 6.54. The quantitative estimate of drug-likeness (QED) is 0.519. The van der Waals surface area contributed by atoms with E-state index in [1.165, 1.54) is 0 Å². The second kappa shape index (κ2) is 9.74. The van der Waals surface area contributed by atoms with E-state index in [1.54, 1.807) is 7.11 Å². The topological polar surface area (TPSA) is 96.2 Å². The Kier molecular flexibility index (Phi) is 7.33. The summed E-state index contributed by atoms with van der Waals surface area (Å²) in [5.41, 5.74) is 0.782. The summed E-state index contributed by atoms with van der Waals surface area (Å²) in [6.07, 6.45) is 5.14. The van der Waals surface area contributed by atoms with Crippen molar-refractivity contribution in [3.8, 4) is 5.75 Å². The van der Waals surface area contributed by atoms with E-state index in [0.29, 0.717) is 25.7 Å². The lowest BCUT2D eigenvalue weighted by Gasteiger charge is -2.58. The van der Waals surface area contributed by atoms with E-state index < -0.39 is 18.2 Å². The molecule has 3 N–H and O–H groups in total. The fourth-order valence-corrected chi connectivity index (χ4v) is 4.95. The summed E-state index contributed by atoms with van der Waals surface area (Å²) in [6, 6.07) is 9.41. The molecule has 1 aromatic carbocycles. The number of rotatable bonds is 10. The molecule has 5 atom stereocenters. The summed E-state index contributed by atoms with van der Waals surface area (Å²) in [5.74, 6) is 0.201. The fraction of sp³-hybridized carbons (Fsp3) is 0.609. The highest BCUT2D eigenvalue weighted by molar-refractivity contribution is 5.66. The third-order valence-corrected chi connectivity index (χ3v) is 6.54. The Morgan fingerprint density at radius 1 is 1.34 bits per heavy atom. The minimum atomic E-state index is -0.798. The number of hydrogen-bond donors (Lipinski definition) is 3. The molecular weight excluding hydrogens is 372 g/mol. The third kappa shape index (κ3) is 5.00. The van der Waals surface area contributed by atoms with Gasteiger partial charge in [0.15, 0.2) is 0 Å². The second-order valence-electron chi connectivity index (χ2n) is 8.19. The monoisotopic (exact) mass is 404 g/mol. The molecule has 0 amide bonds. The molecule has 0 spiro atoms. The SMILES string of the molecule is CO[C@@]12CC[C@H](O)[C@@H](CC[C@@H](O)COc3ccccc3)[C@@H]1C/C2=C\CCC(=O)O. The van der Waals surface area contributed by atoms with Crippen molar-refractivity contribution in [2.24, 2.45) is 11.8 Å². The van der Waals surface area contributed by atoms with Crippen LogP contribution >= 0.6 is 0 Å². The summed E-state index contributed by atoms with van der Waals surface area (Å²) in [4.78, 5) is 10.8. The molecular formula is C23H32O6. The minimum absolute atomic E-state index is 0.0618. The van der Waals surface area contributed by atoms with E-state index in [2.05, 4.69) is 0 Å². The van der Waals surface area contributed by atoms with Gasteiger partial charge in [0.2, 0.25) is 0 Å². The maximum Gasteiger partial charge on any atom is 0.303 e. The van der Waals surface area contributed by atoms with Gasteiger partial charge >= 0.3 is 5.97 Å². The number of para-hydroxylation sites is 1. The highest BCUT2D eigenvalue weighted by Gasteiger charge is 2.58. The van der Waals surface area contributed by atoms with Crippen LogP contribution in [0.2, 0.25) is 0 Å². The summed E-state index contributed by atoms with van der Waals surface area (Å²) in [5, 5.41) is 29.8. The van der Waals surface area contributed by atoms with E-state index in [1.807, 2.05) is 36.4 Å². The van der Waals surface area contributed by atoms with Crippen molar-refractivity contribution in [3.63, 3.8) is 0 Å². The molecule has 6 heteroatoms. The van der Waals surface area contributed by atoms with Crippen LogP contribution in [0.15, 0.2) is 42.0 Å². The molecule has 0 radical (unpaired) electrons. The van der Waals surface area contributed by atoms with Gasteiger partial charge in [0, 0.05) is 19.4 Å². The molecule has 2 aliphatic carbocycles. The van der Waals surface area contributed by atoms with Crippen molar-refractivity contribution in [2.75, 3.05) is 13.7 Å². The molecule has 0 heterocycles. The number of fused-ring (bicyclic) bond motifs is 1. The maximum atomic E-state index is 10.8. The highest BCUT2D eigenvalue weighted by atomic mass is 16.5. The molecule has 0 saturated heterocycles. The van der Waals surface area contributed by atoms with Gasteiger partial charge in [-0.3, -0.25) is 4.79 Å². The summed E-state index contributed by atoms with van der Waals surface area (Å²) >= 11 is 0. The van der Waals surface area contributed by atoms with Crippen molar-refractivity contribution in [3.05, 3.63) is 42.0 Å². The zero-order valence-electron chi connectivity index (χ0n) is 17.0. The molecule has 0 unspecified atom stereocenters. The first-order valence-electron chi connectivity index (χ1n) is 10.5. The van der Waals surface area contributed by atoms with Gasteiger partial charge in [-0.2, -0.15) is 0 Å². The van der Waals surface area contributed by atoms with E-state index in [0.717, 1.165) is 24.2 Å². The average Bonchev–Trinajstić information content (AvgIpc) is 2.70. The first kappa shape index (κ1) is 21.8. The Morgan fingerprint density at radius 2 is 2.10 bits per heavy atom. The molecule has 2 aliphatic rings. The molecule has 3 rings (SSSR count). The Morgan fingerprint density at radius 3 is 2.79 bits per heavy atom. The number of benzene rings is 1. The van der Waals surface area contributed by atoms with Gasteiger partial charge in [-0.05, 0) is 62.1 Å². The summed E-state index contributed by atoms with van der Waals surface area (Å²) < 4.78 is 11.5. The number of carboxylic acids is 1. The summed E-state index contributed by atoms with van der Waals surface area (Å²) in [6.45, 7) is 0.229. The molecule has 6 nitrogen and oxygen atoms in total. The van der Waals surface area contributed by atoms with Crippen LogP contribution in [0.25, 0.3) is 0 Å². The molecule has 0 aromatic heterocycles. The van der Waals surface area contributed by atoms with E-state index in [-0.39, 0.29) is 30.5 Å². The normalized spacial score (nSPS) is 31.0. The van der Waals surface area contributed by atoms with Crippen LogP contribution in [0, 0.1) is 11.8 Å². The van der Waals surface area contributed by atoms with Crippen LogP contribution in [0.4, 0.5) is 0 Å². The number of carbonyl (C=O) groups is 1. The average molecular weight is 405 g/mol. The van der Waals surface area contributed by atoms with E-state index in [4.69, 9.17) is 14.6 Å². The van der Waals surface area contributed by atoms with Gasteiger partial charge in [-0.1, -0.05) is 24.3 Å². The van der Waals surface area contributed by atoms with Gasteiger partial charge in [0.05, 0.1) is 17.8 Å². The number of aliphatic hydroxyl groups excluding tert-OH is 2. The number of allylic oxidation sites excluding steroid dienone is 1. The van der Waals surface area contributed by atoms with E-state index >= 15 is 0 Å². The van der Waals surface area contributed by atoms with Gasteiger partial charge in [-0.25, -0.2) is 0 Å². The number of aliphatic hydroxyl groups is 2. The molecule has 29 heavy (non-hydrogen) atoms. The number of methoxy groups -OCH3 is 1. The second-order valence-corrected chi connectivity index (χ2v) is 8.19. The van der Waals surface area contributed by atoms with Gasteiger partial charge in [-0.15, -0.1) is 0 Å². The number of carboxylic acid groups (broad SMARTS) is 1. The van der Waals surface area contributed by atoms with E-state index in [9.17, 15) is 15.0 Å². The first-order chi connectivity index (χ1) is 14.0. The predicted molar refractivity (Wildman–Crippen MR) is 109 cm³/mol. The van der Waals surface area contributed by atoms with Crippen molar-refractivity contribution >= 4 is 5.97 Å². The lowest BCUT2D eigenvalue weighted by Crippen LogP contribution is -2.59. The van der Waals surface area contributed by atoms with Crippen LogP contribution in [-0.2, 0) is 9.53 Å². The van der Waals surface area contributed by atoms with Crippen LogP contribution in [0.5, 0.6) is 5.75 Å². The van der Waals surface area contributed by atoms with Gasteiger partial charge in [0.1, 0.15) is 12.4 Å². The smallest absolute Gasteiger partial charge is 0.303 e. The van der Waals surface area contributed by atoms with Crippen molar-refractivity contribution in [1.29, 1.82) is 0 Å². The first-order valence-corrected chi connectivity index (χ1v) is 10.5. The van der Waals surface area contributed by atoms with Crippen LogP contribution < -0.4 is 4.74 Å². The Bertz CT molecular complexity index is 703. The Labute approximate surface area is 172 Å². The Balaban J connectivity index is 1.54. The number of hydrogen-bond acceptors (Lipinski definition) is 5. The Hall–Kier alpha value is -1.89. The highest BCUT2D eigenvalue weighted by Crippen LogP contribution is 2.57. The minimum Gasteiger partial charge on any atom is -0.491 e. The zero-order valence-corrected chi connectivity index (χ0v) is 17.0. The molecule has 2 fully saturated rings. The molecule has 0 aliphatic heterocycles. The van der Waals surface area contributed by atoms with Gasteiger partial charge in [0.25, 0.3) is 0 Å². The van der Waals surface area contributed by atoms with Crippen molar-refractivity contribution in [1.82, 2.24) is 0 Å². The van der Waals surface area contributed by atoms with Crippen molar-refractivity contribution in [2.45, 2.75) is 62.8 Å².